The average Bonchev–Trinajstić information content (AvgIpc) is 3.03. The van der Waals surface area contributed by atoms with Crippen LogP contribution in [0.1, 0.15) is 36.2 Å². The number of carbonyl (C=O) groups is 2. The highest BCUT2D eigenvalue weighted by Crippen LogP contribution is 2.21. The largest absolute Gasteiger partial charge is 0.352 e. The Balaban J connectivity index is 1.53. The molecule has 1 aromatic heterocycles. The zero-order chi connectivity index (χ0) is 20.1. The molecule has 146 valence electrons. The molecule has 5 heteroatoms. The molecule has 0 aliphatic carbocycles. The lowest BCUT2D eigenvalue weighted by Gasteiger charge is -2.10. The van der Waals surface area contributed by atoms with Crippen molar-refractivity contribution in [2.45, 2.75) is 33.7 Å². The number of aryl methyl sites for hydroxylation is 1. The van der Waals surface area contributed by atoms with E-state index in [0.717, 1.165) is 28.7 Å². The predicted molar refractivity (Wildman–Crippen MR) is 114 cm³/mol. The summed E-state index contributed by atoms with van der Waals surface area (Å²) in [5.74, 6) is 0.301. The number of nitrogens with one attached hydrogen (secondary N) is 2. The van der Waals surface area contributed by atoms with E-state index in [-0.39, 0.29) is 18.2 Å². The van der Waals surface area contributed by atoms with Gasteiger partial charge in [0.25, 0.3) is 5.91 Å². The molecule has 28 heavy (non-hydrogen) atoms. The molecule has 2 aromatic carbocycles. The summed E-state index contributed by atoms with van der Waals surface area (Å²) in [7, 11) is 0. The van der Waals surface area contributed by atoms with Crippen molar-refractivity contribution < 1.29 is 9.59 Å². The number of nitrogens with zero attached hydrogens (tertiary/aromatic N) is 1. The van der Waals surface area contributed by atoms with E-state index in [0.29, 0.717) is 18.0 Å². The molecule has 0 spiro atoms. The van der Waals surface area contributed by atoms with E-state index in [4.69, 9.17) is 0 Å². The molecule has 0 saturated heterocycles. The third kappa shape index (κ3) is 4.80. The zero-order valence-electron chi connectivity index (χ0n) is 16.7. The van der Waals surface area contributed by atoms with Crippen molar-refractivity contribution in [1.82, 2.24) is 9.88 Å². The molecule has 0 saturated carbocycles. The first-order valence-electron chi connectivity index (χ1n) is 9.66. The summed E-state index contributed by atoms with van der Waals surface area (Å²) in [6.07, 6.45) is 2.31. The van der Waals surface area contributed by atoms with Gasteiger partial charge in [0.2, 0.25) is 5.91 Å². The fraction of sp³-hybridized carbons (Fsp3) is 0.304. The molecule has 0 atom stereocenters. The second-order valence-corrected chi connectivity index (χ2v) is 7.50. The molecule has 2 amide bonds. The Morgan fingerprint density at radius 2 is 1.86 bits per heavy atom. The number of rotatable bonds is 7. The van der Waals surface area contributed by atoms with Crippen LogP contribution in [0.15, 0.2) is 54.7 Å². The van der Waals surface area contributed by atoms with Gasteiger partial charge >= 0.3 is 0 Å². The lowest BCUT2D eigenvalue weighted by Crippen LogP contribution is -2.28. The summed E-state index contributed by atoms with van der Waals surface area (Å²) in [5.41, 5.74) is 3.49. The standard InChI is InChI=1S/C23H27N3O2/c1-16(2)15-26-13-11-18-14-19(8-9-21(18)26)25-22(27)10-12-24-23(28)20-7-5-4-6-17(20)3/h4-9,11,13-14,16H,10,12,15H2,1-3H3,(H,24,28)(H,25,27). The highest BCUT2D eigenvalue weighted by atomic mass is 16.2. The first kappa shape index (κ1) is 19.7. The molecule has 2 N–H and O–H groups in total. The third-order valence-electron chi connectivity index (χ3n) is 4.64. The average molecular weight is 377 g/mol. The maximum absolute atomic E-state index is 12.2. The van der Waals surface area contributed by atoms with Crippen LogP contribution in [0.3, 0.4) is 0 Å². The molecule has 0 radical (unpaired) electrons. The Bertz CT molecular complexity index is 988. The number of hydrogen-bond donors (Lipinski definition) is 2. The smallest absolute Gasteiger partial charge is 0.251 e. The van der Waals surface area contributed by atoms with Gasteiger partial charge < -0.3 is 15.2 Å². The second kappa shape index (κ2) is 8.74. The van der Waals surface area contributed by atoms with Gasteiger partial charge in [0.1, 0.15) is 0 Å². The van der Waals surface area contributed by atoms with Crippen LogP contribution in [0.5, 0.6) is 0 Å². The maximum atomic E-state index is 12.2. The van der Waals surface area contributed by atoms with Gasteiger partial charge in [-0.15, -0.1) is 0 Å². The minimum Gasteiger partial charge on any atom is -0.352 e. The van der Waals surface area contributed by atoms with Crippen LogP contribution in [-0.4, -0.2) is 22.9 Å². The molecule has 0 aliphatic rings. The van der Waals surface area contributed by atoms with Gasteiger partial charge in [-0.3, -0.25) is 9.59 Å². The lowest BCUT2D eigenvalue weighted by molar-refractivity contribution is -0.116. The summed E-state index contributed by atoms with van der Waals surface area (Å²) >= 11 is 0. The lowest BCUT2D eigenvalue weighted by atomic mass is 10.1. The Hall–Kier alpha value is -3.08. The Kier molecular flexibility index (Phi) is 6.14. The van der Waals surface area contributed by atoms with Crippen LogP contribution in [0.2, 0.25) is 0 Å². The normalized spacial score (nSPS) is 11.0. The van der Waals surface area contributed by atoms with Gasteiger partial charge in [0.05, 0.1) is 0 Å². The third-order valence-corrected chi connectivity index (χ3v) is 4.64. The van der Waals surface area contributed by atoms with Gasteiger partial charge in [-0.05, 0) is 48.7 Å². The molecule has 1 heterocycles. The highest BCUT2D eigenvalue weighted by molar-refractivity contribution is 5.97. The van der Waals surface area contributed by atoms with E-state index < -0.39 is 0 Å². The molecule has 3 aromatic rings. The van der Waals surface area contributed by atoms with E-state index in [1.807, 2.05) is 43.3 Å². The van der Waals surface area contributed by atoms with E-state index >= 15 is 0 Å². The maximum Gasteiger partial charge on any atom is 0.251 e. The van der Waals surface area contributed by atoms with E-state index in [1.54, 1.807) is 6.07 Å². The molecule has 0 fully saturated rings. The van der Waals surface area contributed by atoms with Crippen LogP contribution in [0, 0.1) is 12.8 Å². The van der Waals surface area contributed by atoms with Crippen molar-refractivity contribution in [2.24, 2.45) is 5.92 Å². The Morgan fingerprint density at radius 1 is 1.07 bits per heavy atom. The SMILES string of the molecule is Cc1ccccc1C(=O)NCCC(=O)Nc1ccc2c(ccn2CC(C)C)c1. The summed E-state index contributed by atoms with van der Waals surface area (Å²) < 4.78 is 2.23. The number of anilines is 1. The number of aromatic nitrogens is 1. The number of fused-ring (bicyclic) bond motifs is 1. The number of hydrogen-bond acceptors (Lipinski definition) is 2. The fourth-order valence-electron chi connectivity index (χ4n) is 3.27. The van der Waals surface area contributed by atoms with Crippen molar-refractivity contribution >= 4 is 28.4 Å². The summed E-state index contributed by atoms with van der Waals surface area (Å²) in [4.78, 5) is 24.4. The predicted octanol–water partition coefficient (Wildman–Crippen LogP) is 4.36. The number of benzene rings is 2. The molecule has 0 aliphatic heterocycles. The minimum absolute atomic E-state index is 0.119. The van der Waals surface area contributed by atoms with Crippen LogP contribution in [0.4, 0.5) is 5.69 Å². The molecule has 0 unspecified atom stereocenters. The molecule has 3 rings (SSSR count). The molecular weight excluding hydrogens is 350 g/mol. The van der Waals surface area contributed by atoms with Crippen LogP contribution in [0.25, 0.3) is 10.9 Å². The van der Waals surface area contributed by atoms with E-state index in [1.165, 1.54) is 0 Å². The van der Waals surface area contributed by atoms with Crippen LogP contribution >= 0.6 is 0 Å². The Labute approximate surface area is 165 Å². The zero-order valence-corrected chi connectivity index (χ0v) is 16.7. The molecule has 0 bridgehead atoms. The minimum atomic E-state index is -0.154. The fourth-order valence-corrected chi connectivity index (χ4v) is 3.27. The first-order chi connectivity index (χ1) is 13.4. The van der Waals surface area contributed by atoms with Gasteiger partial charge in [0.15, 0.2) is 0 Å². The van der Waals surface area contributed by atoms with Crippen molar-refractivity contribution in [3.8, 4) is 0 Å². The monoisotopic (exact) mass is 377 g/mol. The number of amides is 2. The van der Waals surface area contributed by atoms with E-state index in [2.05, 4.69) is 41.3 Å². The van der Waals surface area contributed by atoms with Crippen molar-refractivity contribution in [1.29, 1.82) is 0 Å². The highest BCUT2D eigenvalue weighted by Gasteiger charge is 2.10. The summed E-state index contributed by atoms with van der Waals surface area (Å²) in [5, 5.41) is 6.82. The number of carbonyl (C=O) groups excluding carboxylic acids is 2. The second-order valence-electron chi connectivity index (χ2n) is 7.50. The van der Waals surface area contributed by atoms with Gasteiger partial charge in [0, 0.05) is 47.9 Å². The van der Waals surface area contributed by atoms with E-state index in [9.17, 15) is 9.59 Å². The quantitative estimate of drug-likeness (QED) is 0.642. The van der Waals surface area contributed by atoms with Gasteiger partial charge in [-0.1, -0.05) is 32.0 Å². The molecule has 5 nitrogen and oxygen atoms in total. The van der Waals surface area contributed by atoms with Crippen molar-refractivity contribution in [2.75, 3.05) is 11.9 Å². The van der Waals surface area contributed by atoms with Crippen molar-refractivity contribution in [3.63, 3.8) is 0 Å². The summed E-state index contributed by atoms with van der Waals surface area (Å²) in [6, 6.07) is 15.4. The topological polar surface area (TPSA) is 63.1 Å². The summed E-state index contributed by atoms with van der Waals surface area (Å²) in [6.45, 7) is 7.55. The van der Waals surface area contributed by atoms with Crippen LogP contribution < -0.4 is 10.6 Å². The first-order valence-corrected chi connectivity index (χ1v) is 9.66. The van der Waals surface area contributed by atoms with Gasteiger partial charge in [-0.2, -0.15) is 0 Å². The molecular formula is C23H27N3O2. The van der Waals surface area contributed by atoms with Crippen LogP contribution in [-0.2, 0) is 11.3 Å². The van der Waals surface area contributed by atoms with Crippen molar-refractivity contribution in [3.05, 3.63) is 65.9 Å². The Morgan fingerprint density at radius 3 is 2.61 bits per heavy atom. The van der Waals surface area contributed by atoms with Gasteiger partial charge in [-0.25, -0.2) is 0 Å².